The van der Waals surface area contributed by atoms with Gasteiger partial charge in [-0.05, 0) is 63.7 Å². The van der Waals surface area contributed by atoms with Crippen LogP contribution in [0.3, 0.4) is 0 Å². The standard InChI is InChI=1S/C17H36N2/c1-15(2)14-18(6)16-8-12-19(13-9-16)11-7-10-17(3,4)5/h15-16H,7-14H2,1-6H3. The van der Waals surface area contributed by atoms with E-state index < -0.39 is 0 Å². The summed E-state index contributed by atoms with van der Waals surface area (Å²) >= 11 is 0. The van der Waals surface area contributed by atoms with Gasteiger partial charge in [-0.2, -0.15) is 0 Å². The maximum absolute atomic E-state index is 2.67. The second-order valence-corrected chi connectivity index (χ2v) is 8.07. The molecule has 0 radical (unpaired) electrons. The molecule has 2 heteroatoms. The van der Waals surface area contributed by atoms with Crippen LogP contribution in [-0.4, -0.2) is 49.1 Å². The van der Waals surface area contributed by atoms with Crippen LogP contribution in [0.1, 0.15) is 60.3 Å². The first-order valence-electron chi connectivity index (χ1n) is 8.20. The van der Waals surface area contributed by atoms with E-state index in [-0.39, 0.29) is 0 Å². The van der Waals surface area contributed by atoms with E-state index >= 15 is 0 Å². The van der Waals surface area contributed by atoms with Crippen molar-refractivity contribution in [2.75, 3.05) is 33.2 Å². The Bertz CT molecular complexity index is 234. The molecule has 0 unspecified atom stereocenters. The summed E-state index contributed by atoms with van der Waals surface area (Å²) in [6.07, 6.45) is 5.42. The van der Waals surface area contributed by atoms with E-state index in [2.05, 4.69) is 51.5 Å². The highest BCUT2D eigenvalue weighted by Crippen LogP contribution is 2.22. The van der Waals surface area contributed by atoms with Gasteiger partial charge in [0.15, 0.2) is 0 Å². The van der Waals surface area contributed by atoms with Gasteiger partial charge in [0, 0.05) is 12.6 Å². The summed E-state index contributed by atoms with van der Waals surface area (Å²) in [6.45, 7) is 16.8. The van der Waals surface area contributed by atoms with Crippen molar-refractivity contribution in [3.05, 3.63) is 0 Å². The van der Waals surface area contributed by atoms with E-state index in [1.165, 1.54) is 51.9 Å². The summed E-state index contributed by atoms with van der Waals surface area (Å²) in [5.74, 6) is 0.787. The molecule has 0 aliphatic carbocycles. The quantitative estimate of drug-likeness (QED) is 0.721. The monoisotopic (exact) mass is 268 g/mol. The summed E-state index contributed by atoms with van der Waals surface area (Å²) < 4.78 is 0. The van der Waals surface area contributed by atoms with Crippen molar-refractivity contribution in [2.45, 2.75) is 66.3 Å². The van der Waals surface area contributed by atoms with E-state index in [4.69, 9.17) is 0 Å². The predicted molar refractivity (Wildman–Crippen MR) is 85.6 cm³/mol. The zero-order valence-corrected chi connectivity index (χ0v) is 14.2. The summed E-state index contributed by atoms with van der Waals surface area (Å²) in [6, 6.07) is 0.821. The first-order chi connectivity index (χ1) is 8.78. The molecule has 19 heavy (non-hydrogen) atoms. The lowest BCUT2D eigenvalue weighted by molar-refractivity contribution is 0.116. The van der Waals surface area contributed by atoms with Gasteiger partial charge in [0.05, 0.1) is 0 Å². The molecule has 0 N–H and O–H groups in total. The average molecular weight is 268 g/mol. The third-order valence-electron chi connectivity index (χ3n) is 4.23. The van der Waals surface area contributed by atoms with Gasteiger partial charge >= 0.3 is 0 Å². The Morgan fingerprint density at radius 2 is 1.74 bits per heavy atom. The van der Waals surface area contributed by atoms with Crippen LogP contribution < -0.4 is 0 Å². The minimum Gasteiger partial charge on any atom is -0.303 e. The van der Waals surface area contributed by atoms with Gasteiger partial charge in [0.2, 0.25) is 0 Å². The number of piperidine rings is 1. The van der Waals surface area contributed by atoms with E-state index in [1.54, 1.807) is 0 Å². The topological polar surface area (TPSA) is 6.48 Å². The summed E-state index contributed by atoms with van der Waals surface area (Å²) in [4.78, 5) is 5.25. The first-order valence-corrected chi connectivity index (χ1v) is 8.20. The molecule has 1 fully saturated rings. The Morgan fingerprint density at radius 1 is 1.16 bits per heavy atom. The van der Waals surface area contributed by atoms with E-state index in [0.717, 1.165) is 12.0 Å². The molecule has 1 aliphatic rings. The fourth-order valence-corrected chi connectivity index (χ4v) is 3.14. The molecule has 0 aromatic rings. The number of hydrogen-bond donors (Lipinski definition) is 0. The Labute approximate surface area is 121 Å². The molecule has 1 aliphatic heterocycles. The summed E-state index contributed by atoms with van der Waals surface area (Å²) in [5.41, 5.74) is 0.496. The fraction of sp³-hybridized carbons (Fsp3) is 1.00. The van der Waals surface area contributed by atoms with Crippen LogP contribution in [0.15, 0.2) is 0 Å². The first kappa shape index (κ1) is 17.0. The molecule has 0 amide bonds. The third-order valence-corrected chi connectivity index (χ3v) is 4.23. The smallest absolute Gasteiger partial charge is 0.0117 e. The van der Waals surface area contributed by atoms with E-state index in [1.807, 2.05) is 0 Å². The molecule has 0 aromatic heterocycles. The minimum absolute atomic E-state index is 0.496. The van der Waals surface area contributed by atoms with Crippen LogP contribution in [0.2, 0.25) is 0 Å². The number of likely N-dealkylation sites (tertiary alicyclic amines) is 1. The summed E-state index contributed by atoms with van der Waals surface area (Å²) in [5, 5.41) is 0. The molecule has 114 valence electrons. The molecule has 2 nitrogen and oxygen atoms in total. The van der Waals surface area contributed by atoms with Crippen molar-refractivity contribution < 1.29 is 0 Å². The third kappa shape index (κ3) is 7.31. The van der Waals surface area contributed by atoms with Gasteiger partial charge in [-0.1, -0.05) is 34.6 Å². The van der Waals surface area contributed by atoms with Crippen LogP contribution >= 0.6 is 0 Å². The predicted octanol–water partition coefficient (Wildman–Crippen LogP) is 3.86. The lowest BCUT2D eigenvalue weighted by atomic mass is 9.90. The lowest BCUT2D eigenvalue weighted by Crippen LogP contribution is -2.44. The van der Waals surface area contributed by atoms with E-state index in [9.17, 15) is 0 Å². The fourth-order valence-electron chi connectivity index (χ4n) is 3.14. The van der Waals surface area contributed by atoms with Crippen LogP contribution in [-0.2, 0) is 0 Å². The van der Waals surface area contributed by atoms with Gasteiger partial charge < -0.3 is 9.80 Å². The molecule has 1 saturated heterocycles. The normalized spacial score (nSPS) is 19.6. The van der Waals surface area contributed by atoms with Crippen molar-refractivity contribution in [3.63, 3.8) is 0 Å². The molecule has 1 heterocycles. The maximum Gasteiger partial charge on any atom is 0.0117 e. The Hall–Kier alpha value is -0.0800. The van der Waals surface area contributed by atoms with Crippen molar-refractivity contribution >= 4 is 0 Å². The zero-order valence-electron chi connectivity index (χ0n) is 14.2. The van der Waals surface area contributed by atoms with Gasteiger partial charge in [-0.3, -0.25) is 0 Å². The van der Waals surface area contributed by atoms with Crippen LogP contribution in [0.5, 0.6) is 0 Å². The Morgan fingerprint density at radius 3 is 2.21 bits per heavy atom. The number of nitrogens with zero attached hydrogens (tertiary/aromatic N) is 2. The Balaban J connectivity index is 2.18. The van der Waals surface area contributed by atoms with Crippen molar-refractivity contribution in [3.8, 4) is 0 Å². The highest BCUT2D eigenvalue weighted by molar-refractivity contribution is 4.79. The second kappa shape index (κ2) is 7.64. The molecule has 0 atom stereocenters. The van der Waals surface area contributed by atoms with Crippen LogP contribution in [0.25, 0.3) is 0 Å². The average Bonchev–Trinajstić information content (AvgIpc) is 2.27. The number of rotatable bonds is 6. The van der Waals surface area contributed by atoms with Gasteiger partial charge in [-0.15, -0.1) is 0 Å². The maximum atomic E-state index is 2.67. The van der Waals surface area contributed by atoms with Crippen molar-refractivity contribution in [1.29, 1.82) is 0 Å². The molecular weight excluding hydrogens is 232 g/mol. The van der Waals surface area contributed by atoms with Crippen LogP contribution in [0, 0.1) is 11.3 Å². The van der Waals surface area contributed by atoms with Crippen LogP contribution in [0.4, 0.5) is 0 Å². The molecule has 1 rings (SSSR count). The molecule has 0 aromatic carbocycles. The minimum atomic E-state index is 0.496. The highest BCUT2D eigenvalue weighted by Gasteiger charge is 2.22. The number of hydrogen-bond acceptors (Lipinski definition) is 2. The largest absolute Gasteiger partial charge is 0.303 e. The van der Waals surface area contributed by atoms with Crippen molar-refractivity contribution in [2.24, 2.45) is 11.3 Å². The zero-order chi connectivity index (χ0) is 14.5. The summed E-state index contributed by atoms with van der Waals surface area (Å²) in [7, 11) is 2.31. The van der Waals surface area contributed by atoms with E-state index in [0.29, 0.717) is 5.41 Å². The van der Waals surface area contributed by atoms with Gasteiger partial charge in [0.1, 0.15) is 0 Å². The van der Waals surface area contributed by atoms with Gasteiger partial charge in [-0.25, -0.2) is 0 Å². The Kier molecular flexibility index (Phi) is 6.82. The highest BCUT2D eigenvalue weighted by atomic mass is 15.2. The molecular formula is C17H36N2. The second-order valence-electron chi connectivity index (χ2n) is 8.07. The molecule has 0 spiro atoms. The molecule has 0 bridgehead atoms. The SMILES string of the molecule is CC(C)CN(C)C1CCN(CCCC(C)(C)C)CC1. The van der Waals surface area contributed by atoms with Gasteiger partial charge in [0.25, 0.3) is 0 Å². The lowest BCUT2D eigenvalue weighted by Gasteiger charge is -2.37. The molecule has 0 saturated carbocycles. The van der Waals surface area contributed by atoms with Crippen molar-refractivity contribution in [1.82, 2.24) is 9.80 Å².